The molecule has 98 valence electrons. The molecule has 0 aliphatic heterocycles. The number of methoxy groups -OCH3 is 1. The number of hydrogen-bond donors (Lipinski definition) is 0. The third-order valence-electron chi connectivity index (χ3n) is 1.97. The topological polar surface area (TPSA) is 52.6 Å². The van der Waals surface area contributed by atoms with Gasteiger partial charge in [-0.15, -0.1) is 0 Å². The van der Waals surface area contributed by atoms with Gasteiger partial charge in [0.2, 0.25) is 0 Å². The quantitative estimate of drug-likeness (QED) is 0.606. The van der Waals surface area contributed by atoms with Gasteiger partial charge in [-0.1, -0.05) is 0 Å². The zero-order chi connectivity index (χ0) is 13.9. The molecule has 0 spiro atoms. The van der Waals surface area contributed by atoms with E-state index >= 15 is 0 Å². The Bertz CT molecular complexity index is 480. The lowest BCUT2D eigenvalue weighted by Gasteiger charge is -2.11. The Kier molecular flexibility index (Phi) is 3.95. The fourth-order valence-corrected chi connectivity index (χ4v) is 1.22. The van der Waals surface area contributed by atoms with Gasteiger partial charge in [0.05, 0.1) is 12.7 Å². The average molecular weight is 262 g/mol. The van der Waals surface area contributed by atoms with E-state index in [-0.39, 0.29) is 5.56 Å². The molecule has 0 unspecified atom stereocenters. The molecule has 0 N–H and O–H groups in total. The summed E-state index contributed by atoms with van der Waals surface area (Å²) in [5, 5.41) is 0. The minimum atomic E-state index is -4.59. The molecular weight excluding hydrogens is 253 g/mol. The van der Waals surface area contributed by atoms with Crippen LogP contribution in [-0.4, -0.2) is 19.0 Å². The number of halogens is 3. The summed E-state index contributed by atoms with van der Waals surface area (Å²) in [5.41, 5.74) is -1.27. The summed E-state index contributed by atoms with van der Waals surface area (Å²) in [7, 11) is 1.07. The molecule has 0 aliphatic rings. The fourth-order valence-electron chi connectivity index (χ4n) is 1.22. The first kappa shape index (κ1) is 14.0. The van der Waals surface area contributed by atoms with Gasteiger partial charge in [0.25, 0.3) is 0 Å². The lowest BCUT2D eigenvalue weighted by Crippen LogP contribution is -2.12. The summed E-state index contributed by atoms with van der Waals surface area (Å²) in [4.78, 5) is 22.1. The maximum Gasteiger partial charge on any atom is 0.416 e. The smallest absolute Gasteiger partial charge is 0.416 e. The average Bonchev–Trinajstić information content (AvgIpc) is 2.26. The van der Waals surface area contributed by atoms with E-state index in [1.54, 1.807) is 0 Å². The van der Waals surface area contributed by atoms with E-state index in [2.05, 4.69) is 9.47 Å². The van der Waals surface area contributed by atoms with Crippen LogP contribution in [0.1, 0.15) is 22.8 Å². The van der Waals surface area contributed by atoms with E-state index in [0.29, 0.717) is 12.1 Å². The van der Waals surface area contributed by atoms with Crippen molar-refractivity contribution < 1.29 is 32.2 Å². The van der Waals surface area contributed by atoms with Gasteiger partial charge in [0.15, 0.2) is 0 Å². The molecule has 0 saturated heterocycles. The van der Waals surface area contributed by atoms with E-state index in [9.17, 15) is 22.8 Å². The molecule has 0 aromatic heterocycles. The van der Waals surface area contributed by atoms with E-state index in [0.717, 1.165) is 20.1 Å². The number of benzene rings is 1. The summed E-state index contributed by atoms with van der Waals surface area (Å²) in [6, 6.07) is 2.18. The molecule has 0 fully saturated rings. The van der Waals surface area contributed by atoms with Crippen LogP contribution < -0.4 is 4.74 Å². The molecule has 1 rings (SSSR count). The molecule has 0 radical (unpaired) electrons. The summed E-state index contributed by atoms with van der Waals surface area (Å²) >= 11 is 0. The van der Waals surface area contributed by atoms with Gasteiger partial charge < -0.3 is 9.47 Å². The molecule has 7 heteroatoms. The van der Waals surface area contributed by atoms with Crippen LogP contribution in [0.3, 0.4) is 0 Å². The van der Waals surface area contributed by atoms with Crippen LogP contribution in [0, 0.1) is 0 Å². The highest BCUT2D eigenvalue weighted by Gasteiger charge is 2.32. The summed E-state index contributed by atoms with van der Waals surface area (Å²) in [5.74, 6) is -2.20. The van der Waals surface area contributed by atoms with Crippen LogP contribution in [0.5, 0.6) is 5.75 Å². The van der Waals surface area contributed by atoms with Crippen molar-refractivity contribution in [1.82, 2.24) is 0 Å². The highest BCUT2D eigenvalue weighted by atomic mass is 19.4. The summed E-state index contributed by atoms with van der Waals surface area (Å²) in [6.07, 6.45) is -4.59. The van der Waals surface area contributed by atoms with Crippen molar-refractivity contribution in [2.24, 2.45) is 0 Å². The highest BCUT2D eigenvalue weighted by Crippen LogP contribution is 2.33. The van der Waals surface area contributed by atoms with Gasteiger partial charge in [-0.25, -0.2) is 4.79 Å². The lowest BCUT2D eigenvalue weighted by molar-refractivity contribution is -0.138. The van der Waals surface area contributed by atoms with Crippen molar-refractivity contribution in [1.29, 1.82) is 0 Å². The Morgan fingerprint density at radius 2 is 1.83 bits per heavy atom. The Labute approximate surface area is 100 Å². The number of carbonyl (C=O) groups excluding carboxylic acids is 2. The second-order valence-corrected chi connectivity index (χ2v) is 3.29. The lowest BCUT2D eigenvalue weighted by atomic mass is 10.1. The van der Waals surface area contributed by atoms with Crippen LogP contribution in [0.2, 0.25) is 0 Å². The van der Waals surface area contributed by atoms with Crippen molar-refractivity contribution in [3.8, 4) is 5.75 Å². The van der Waals surface area contributed by atoms with Gasteiger partial charge in [0.1, 0.15) is 11.3 Å². The maximum absolute atomic E-state index is 12.5. The van der Waals surface area contributed by atoms with Crippen LogP contribution in [-0.2, 0) is 15.7 Å². The first-order chi connectivity index (χ1) is 8.25. The SMILES string of the molecule is COC(=O)c1ccc(C(F)(F)F)cc1OC(C)=O. The van der Waals surface area contributed by atoms with E-state index in [4.69, 9.17) is 0 Å². The number of esters is 2. The standard InChI is InChI=1S/C11H9F3O4/c1-6(15)18-9-5-7(11(12,13)14)3-4-8(9)10(16)17-2/h3-5H,1-2H3. The largest absolute Gasteiger partial charge is 0.465 e. The second-order valence-electron chi connectivity index (χ2n) is 3.29. The first-order valence-electron chi connectivity index (χ1n) is 4.73. The molecule has 0 bridgehead atoms. The van der Waals surface area contributed by atoms with Crippen molar-refractivity contribution in [2.45, 2.75) is 13.1 Å². The predicted octanol–water partition coefficient (Wildman–Crippen LogP) is 2.42. The number of alkyl halides is 3. The number of hydrogen-bond acceptors (Lipinski definition) is 4. The number of ether oxygens (including phenoxy) is 2. The summed E-state index contributed by atoms with van der Waals surface area (Å²) in [6.45, 7) is 1.02. The minimum Gasteiger partial charge on any atom is -0.465 e. The molecule has 1 aromatic carbocycles. The molecule has 0 aliphatic carbocycles. The van der Waals surface area contributed by atoms with Crippen LogP contribution in [0.15, 0.2) is 18.2 Å². The molecule has 0 atom stereocenters. The molecular formula is C11H9F3O4. The molecule has 0 heterocycles. The van der Waals surface area contributed by atoms with E-state index in [1.807, 2.05) is 0 Å². The zero-order valence-electron chi connectivity index (χ0n) is 9.50. The van der Waals surface area contributed by atoms with Gasteiger partial charge >= 0.3 is 18.1 Å². The monoisotopic (exact) mass is 262 g/mol. The summed E-state index contributed by atoms with van der Waals surface area (Å²) < 4.78 is 46.3. The third-order valence-corrected chi connectivity index (χ3v) is 1.97. The van der Waals surface area contributed by atoms with Crippen LogP contribution >= 0.6 is 0 Å². The van der Waals surface area contributed by atoms with Gasteiger partial charge in [-0.3, -0.25) is 4.79 Å². The first-order valence-corrected chi connectivity index (χ1v) is 4.73. The fraction of sp³-hybridized carbons (Fsp3) is 0.273. The molecule has 0 saturated carbocycles. The van der Waals surface area contributed by atoms with Gasteiger partial charge in [-0.05, 0) is 18.2 Å². The molecule has 1 aromatic rings. The maximum atomic E-state index is 12.5. The van der Waals surface area contributed by atoms with Crippen LogP contribution in [0.25, 0.3) is 0 Å². The Morgan fingerprint density at radius 1 is 1.22 bits per heavy atom. The molecule has 18 heavy (non-hydrogen) atoms. The predicted molar refractivity (Wildman–Crippen MR) is 54.1 cm³/mol. The molecule has 0 amide bonds. The Balaban J connectivity index is 3.29. The Morgan fingerprint density at radius 3 is 2.28 bits per heavy atom. The van der Waals surface area contributed by atoms with Crippen LogP contribution in [0.4, 0.5) is 13.2 Å². The van der Waals surface area contributed by atoms with Crippen molar-refractivity contribution in [3.05, 3.63) is 29.3 Å². The third kappa shape index (κ3) is 3.22. The Hall–Kier alpha value is -2.05. The highest BCUT2D eigenvalue weighted by molar-refractivity contribution is 5.93. The van der Waals surface area contributed by atoms with E-state index < -0.39 is 29.4 Å². The van der Waals surface area contributed by atoms with Crippen molar-refractivity contribution in [2.75, 3.05) is 7.11 Å². The molecule has 4 nitrogen and oxygen atoms in total. The van der Waals surface area contributed by atoms with E-state index in [1.165, 1.54) is 0 Å². The van der Waals surface area contributed by atoms with Crippen molar-refractivity contribution in [3.63, 3.8) is 0 Å². The normalized spacial score (nSPS) is 10.9. The number of carbonyl (C=O) groups is 2. The van der Waals surface area contributed by atoms with Gasteiger partial charge in [0, 0.05) is 6.92 Å². The zero-order valence-corrected chi connectivity index (χ0v) is 9.50. The van der Waals surface area contributed by atoms with Gasteiger partial charge in [-0.2, -0.15) is 13.2 Å². The van der Waals surface area contributed by atoms with Crippen molar-refractivity contribution >= 4 is 11.9 Å². The minimum absolute atomic E-state index is 0.249. The number of rotatable bonds is 2. The second kappa shape index (κ2) is 5.07.